The number of carbonyl (C=O) groups excluding carboxylic acids is 1. The number of nitrogens with one attached hydrogen (secondary N) is 2. The van der Waals surface area contributed by atoms with Gasteiger partial charge in [0, 0.05) is 6.04 Å². The minimum absolute atomic E-state index is 0. The lowest BCUT2D eigenvalue weighted by Crippen LogP contribution is -2.45. The summed E-state index contributed by atoms with van der Waals surface area (Å²) in [7, 11) is 0. The largest absolute Gasteiger partial charge is 0.352 e. The fourth-order valence-electron chi connectivity index (χ4n) is 2.86. The van der Waals surface area contributed by atoms with Crippen LogP contribution in [0.15, 0.2) is 0 Å². The van der Waals surface area contributed by atoms with E-state index in [-0.39, 0.29) is 18.3 Å². The van der Waals surface area contributed by atoms with Gasteiger partial charge in [-0.05, 0) is 44.1 Å². The molecule has 3 nitrogen and oxygen atoms in total. The van der Waals surface area contributed by atoms with E-state index in [9.17, 15) is 4.79 Å². The van der Waals surface area contributed by atoms with Gasteiger partial charge in [0.15, 0.2) is 0 Å². The number of rotatable bonds is 6. The van der Waals surface area contributed by atoms with Crippen LogP contribution in [0.25, 0.3) is 0 Å². The molecule has 2 fully saturated rings. The smallest absolute Gasteiger partial charge is 0.234 e. The molecule has 2 aliphatic rings. The van der Waals surface area contributed by atoms with Gasteiger partial charge in [-0.15, -0.1) is 12.4 Å². The first-order chi connectivity index (χ1) is 8.29. The third kappa shape index (κ3) is 5.15. The highest BCUT2D eigenvalue weighted by Gasteiger charge is 2.25. The maximum Gasteiger partial charge on any atom is 0.234 e. The Kier molecular flexibility index (Phi) is 7.02. The maximum absolute atomic E-state index is 11.8. The summed E-state index contributed by atoms with van der Waals surface area (Å²) in [6.07, 6.45) is 8.95. The lowest BCUT2D eigenvalue weighted by Gasteiger charge is -2.31. The third-order valence-electron chi connectivity index (χ3n) is 4.20. The standard InChI is InChI=1S/C14H26N2O.ClH/c1-2-12-5-3-4-6-13(12)16-14(17)10-15-9-11-7-8-11;/h11-13,15H,2-10H2,1H3,(H,16,17);1H. The lowest BCUT2D eigenvalue weighted by atomic mass is 9.83. The van der Waals surface area contributed by atoms with E-state index in [2.05, 4.69) is 17.6 Å². The molecule has 2 atom stereocenters. The lowest BCUT2D eigenvalue weighted by molar-refractivity contribution is -0.121. The molecule has 0 heterocycles. The van der Waals surface area contributed by atoms with Gasteiger partial charge in [0.1, 0.15) is 0 Å². The molecule has 2 aliphatic carbocycles. The summed E-state index contributed by atoms with van der Waals surface area (Å²) in [5.74, 6) is 1.74. The summed E-state index contributed by atoms with van der Waals surface area (Å²) in [6, 6.07) is 0.434. The van der Waals surface area contributed by atoms with Crippen molar-refractivity contribution >= 4 is 18.3 Å². The van der Waals surface area contributed by atoms with Crippen LogP contribution in [0.1, 0.15) is 51.9 Å². The zero-order chi connectivity index (χ0) is 12.1. The molecule has 106 valence electrons. The van der Waals surface area contributed by atoms with Crippen LogP contribution in [0, 0.1) is 11.8 Å². The number of amides is 1. The molecule has 1 amide bonds. The van der Waals surface area contributed by atoms with E-state index in [1.807, 2.05) is 0 Å². The molecule has 0 spiro atoms. The maximum atomic E-state index is 11.8. The van der Waals surface area contributed by atoms with Gasteiger partial charge in [-0.25, -0.2) is 0 Å². The highest BCUT2D eigenvalue weighted by atomic mass is 35.5. The average molecular weight is 275 g/mol. The second-order valence-corrected chi connectivity index (χ2v) is 5.70. The Morgan fingerprint density at radius 2 is 1.89 bits per heavy atom. The molecule has 0 bridgehead atoms. The first kappa shape index (κ1) is 15.8. The normalized spacial score (nSPS) is 27.4. The van der Waals surface area contributed by atoms with Crippen LogP contribution in [0.2, 0.25) is 0 Å². The average Bonchev–Trinajstić information content (AvgIpc) is 3.14. The van der Waals surface area contributed by atoms with Gasteiger partial charge in [0.05, 0.1) is 6.54 Å². The van der Waals surface area contributed by atoms with E-state index in [1.54, 1.807) is 0 Å². The van der Waals surface area contributed by atoms with Gasteiger partial charge in [0.2, 0.25) is 5.91 Å². The Hall–Kier alpha value is -0.280. The number of halogens is 1. The van der Waals surface area contributed by atoms with Crippen molar-refractivity contribution in [1.29, 1.82) is 0 Å². The van der Waals surface area contributed by atoms with E-state index in [1.165, 1.54) is 44.9 Å². The van der Waals surface area contributed by atoms with Crippen LogP contribution in [0.3, 0.4) is 0 Å². The van der Waals surface area contributed by atoms with Gasteiger partial charge in [0.25, 0.3) is 0 Å². The van der Waals surface area contributed by atoms with E-state index in [0.717, 1.165) is 12.5 Å². The van der Waals surface area contributed by atoms with Gasteiger partial charge in [-0.3, -0.25) is 4.79 Å². The van der Waals surface area contributed by atoms with Gasteiger partial charge in [-0.2, -0.15) is 0 Å². The monoisotopic (exact) mass is 274 g/mol. The van der Waals surface area contributed by atoms with Crippen molar-refractivity contribution in [2.24, 2.45) is 11.8 Å². The SMILES string of the molecule is CCC1CCCCC1NC(=O)CNCC1CC1.Cl. The van der Waals surface area contributed by atoms with Crippen molar-refractivity contribution in [3.05, 3.63) is 0 Å². The first-order valence-electron chi connectivity index (χ1n) is 7.29. The predicted molar refractivity (Wildman–Crippen MR) is 77.0 cm³/mol. The van der Waals surface area contributed by atoms with E-state index in [4.69, 9.17) is 0 Å². The minimum atomic E-state index is 0. The van der Waals surface area contributed by atoms with E-state index >= 15 is 0 Å². The van der Waals surface area contributed by atoms with Gasteiger partial charge >= 0.3 is 0 Å². The molecule has 2 unspecified atom stereocenters. The Labute approximate surface area is 117 Å². The molecule has 18 heavy (non-hydrogen) atoms. The summed E-state index contributed by atoms with van der Waals surface area (Å²) < 4.78 is 0. The van der Waals surface area contributed by atoms with Crippen molar-refractivity contribution in [2.45, 2.75) is 57.9 Å². The zero-order valence-corrected chi connectivity index (χ0v) is 12.2. The number of hydrogen-bond donors (Lipinski definition) is 2. The molecule has 0 aromatic carbocycles. The molecule has 4 heteroatoms. The summed E-state index contributed by atoms with van der Waals surface area (Å²) in [5, 5.41) is 6.47. The first-order valence-corrected chi connectivity index (χ1v) is 7.29. The van der Waals surface area contributed by atoms with Crippen LogP contribution >= 0.6 is 12.4 Å². The summed E-state index contributed by atoms with van der Waals surface area (Å²) in [5.41, 5.74) is 0. The Balaban J connectivity index is 0.00000162. The van der Waals surface area contributed by atoms with Crippen molar-refractivity contribution in [1.82, 2.24) is 10.6 Å². The van der Waals surface area contributed by atoms with E-state index in [0.29, 0.717) is 18.5 Å². The van der Waals surface area contributed by atoms with Crippen LogP contribution in [0.5, 0.6) is 0 Å². The van der Waals surface area contributed by atoms with Crippen LogP contribution in [-0.4, -0.2) is 25.0 Å². The van der Waals surface area contributed by atoms with Gasteiger partial charge < -0.3 is 10.6 Å². The third-order valence-corrected chi connectivity index (χ3v) is 4.20. The van der Waals surface area contributed by atoms with E-state index < -0.39 is 0 Å². The summed E-state index contributed by atoms with van der Waals surface area (Å²) >= 11 is 0. The van der Waals surface area contributed by atoms with Crippen molar-refractivity contribution in [3.63, 3.8) is 0 Å². The Morgan fingerprint density at radius 3 is 2.56 bits per heavy atom. The molecule has 0 radical (unpaired) electrons. The van der Waals surface area contributed by atoms with Crippen LogP contribution < -0.4 is 10.6 Å². The molecule has 0 saturated heterocycles. The highest BCUT2D eigenvalue weighted by molar-refractivity contribution is 5.85. The minimum Gasteiger partial charge on any atom is -0.352 e. The Morgan fingerprint density at radius 1 is 1.17 bits per heavy atom. The molecule has 0 aromatic heterocycles. The second-order valence-electron chi connectivity index (χ2n) is 5.70. The van der Waals surface area contributed by atoms with Crippen molar-refractivity contribution in [3.8, 4) is 0 Å². The van der Waals surface area contributed by atoms with Crippen molar-refractivity contribution in [2.75, 3.05) is 13.1 Å². The molecule has 2 saturated carbocycles. The molecule has 0 aliphatic heterocycles. The summed E-state index contributed by atoms with van der Waals surface area (Å²) in [6.45, 7) is 3.76. The quantitative estimate of drug-likeness (QED) is 0.781. The van der Waals surface area contributed by atoms with Crippen molar-refractivity contribution < 1.29 is 4.79 Å². The fraction of sp³-hybridized carbons (Fsp3) is 0.929. The summed E-state index contributed by atoms with van der Waals surface area (Å²) in [4.78, 5) is 11.8. The molecule has 0 aromatic rings. The zero-order valence-electron chi connectivity index (χ0n) is 11.4. The molecular weight excluding hydrogens is 248 g/mol. The number of carbonyl (C=O) groups is 1. The molecule has 2 N–H and O–H groups in total. The van der Waals surface area contributed by atoms with Crippen LogP contribution in [0.4, 0.5) is 0 Å². The Bertz CT molecular complexity index is 256. The fourth-order valence-corrected chi connectivity index (χ4v) is 2.86. The second kappa shape index (κ2) is 8.00. The molecule has 2 rings (SSSR count). The van der Waals surface area contributed by atoms with Gasteiger partial charge in [-0.1, -0.05) is 26.2 Å². The van der Waals surface area contributed by atoms with Crippen LogP contribution in [-0.2, 0) is 4.79 Å². The predicted octanol–water partition coefficient (Wildman–Crippen LogP) is 2.49. The highest BCUT2D eigenvalue weighted by Crippen LogP contribution is 2.28. The molecular formula is C14H27ClN2O. The topological polar surface area (TPSA) is 41.1 Å². The number of hydrogen-bond acceptors (Lipinski definition) is 2.